The highest BCUT2D eigenvalue weighted by Gasteiger charge is 2.29. The molecule has 140 valence electrons. The first-order valence-electron chi connectivity index (χ1n) is 8.21. The van der Waals surface area contributed by atoms with Crippen LogP contribution in [0.4, 0.5) is 0 Å². The third kappa shape index (κ3) is 4.46. The predicted octanol–water partition coefficient (Wildman–Crippen LogP) is 4.46. The second-order valence-electron chi connectivity index (χ2n) is 5.81. The largest absolute Gasteiger partial charge is 0.493 e. The Balaban J connectivity index is 1.77. The number of benzene rings is 2. The van der Waals surface area contributed by atoms with Crippen molar-refractivity contribution in [1.82, 2.24) is 4.90 Å². The monoisotopic (exact) mass is 402 g/mol. The number of nitrogens with zero attached hydrogens (tertiary/aromatic N) is 2. The Labute approximate surface area is 167 Å². The van der Waals surface area contributed by atoms with Crippen molar-refractivity contribution in [3.63, 3.8) is 0 Å². The van der Waals surface area contributed by atoms with Gasteiger partial charge in [-0.15, -0.1) is 0 Å². The van der Waals surface area contributed by atoms with E-state index in [4.69, 9.17) is 21.1 Å². The smallest absolute Gasteiger partial charge is 0.266 e. The molecule has 0 bridgehead atoms. The minimum atomic E-state index is -0.0670. The predicted molar refractivity (Wildman–Crippen MR) is 110 cm³/mol. The van der Waals surface area contributed by atoms with Gasteiger partial charge in [-0.2, -0.15) is 0 Å². The van der Waals surface area contributed by atoms with Gasteiger partial charge in [0.2, 0.25) is 0 Å². The molecule has 27 heavy (non-hydrogen) atoms. The van der Waals surface area contributed by atoms with Crippen LogP contribution in [0.3, 0.4) is 0 Å². The topological polar surface area (TPSA) is 51.1 Å². The van der Waals surface area contributed by atoms with E-state index >= 15 is 0 Å². The number of methoxy groups -OCH3 is 1. The number of amides is 1. The van der Waals surface area contributed by atoms with Crippen molar-refractivity contribution in [1.29, 1.82) is 0 Å². The molecule has 0 atom stereocenters. The number of hydrogen-bond acceptors (Lipinski definition) is 5. The average Bonchev–Trinajstić information content (AvgIpc) is 2.96. The first kappa shape index (κ1) is 19.3. The van der Waals surface area contributed by atoms with Gasteiger partial charge in [0.25, 0.3) is 5.91 Å². The average molecular weight is 403 g/mol. The van der Waals surface area contributed by atoms with Gasteiger partial charge in [0.1, 0.15) is 6.61 Å². The number of halogens is 1. The quantitative estimate of drug-likeness (QED) is 0.693. The van der Waals surface area contributed by atoms with Gasteiger partial charge in [0.15, 0.2) is 16.7 Å². The van der Waals surface area contributed by atoms with E-state index < -0.39 is 0 Å². The van der Waals surface area contributed by atoms with Gasteiger partial charge in [0, 0.05) is 19.1 Å². The number of carbonyl (C=O) groups excluding carboxylic acids is 1. The Kier molecular flexibility index (Phi) is 6.08. The Morgan fingerprint density at radius 1 is 1.19 bits per heavy atom. The molecule has 0 N–H and O–H groups in total. The van der Waals surface area contributed by atoms with Crippen LogP contribution >= 0.6 is 23.4 Å². The zero-order valence-electron chi connectivity index (χ0n) is 15.2. The van der Waals surface area contributed by atoms with Crippen molar-refractivity contribution in [2.45, 2.75) is 6.61 Å². The maximum Gasteiger partial charge on any atom is 0.266 e. The summed E-state index contributed by atoms with van der Waals surface area (Å²) < 4.78 is 11.3. The molecule has 3 rings (SSSR count). The zero-order valence-corrected chi connectivity index (χ0v) is 16.8. The van der Waals surface area contributed by atoms with E-state index in [1.807, 2.05) is 48.5 Å². The maximum atomic E-state index is 12.3. The molecule has 1 aliphatic heterocycles. The summed E-state index contributed by atoms with van der Waals surface area (Å²) in [6, 6.07) is 13.1. The molecule has 0 saturated carbocycles. The van der Waals surface area contributed by atoms with Crippen molar-refractivity contribution in [2.75, 3.05) is 21.2 Å². The van der Waals surface area contributed by atoms with Crippen molar-refractivity contribution in [3.8, 4) is 11.5 Å². The lowest BCUT2D eigenvalue weighted by atomic mass is 10.2. The van der Waals surface area contributed by atoms with Crippen LogP contribution in [0.1, 0.15) is 11.1 Å². The summed E-state index contributed by atoms with van der Waals surface area (Å²) >= 11 is 7.25. The van der Waals surface area contributed by atoms with Crippen molar-refractivity contribution >= 4 is 40.5 Å². The Hall–Kier alpha value is -2.44. The molecular weight excluding hydrogens is 384 g/mol. The van der Waals surface area contributed by atoms with Crippen LogP contribution in [0, 0.1) is 0 Å². The molecule has 2 aromatic carbocycles. The van der Waals surface area contributed by atoms with Gasteiger partial charge in [-0.1, -0.05) is 29.8 Å². The fourth-order valence-corrected chi connectivity index (χ4v) is 3.59. The minimum Gasteiger partial charge on any atom is -0.493 e. The van der Waals surface area contributed by atoms with Gasteiger partial charge in [-0.05, 0) is 53.2 Å². The lowest BCUT2D eigenvalue weighted by Crippen LogP contribution is -2.23. The number of ether oxygens (including phenoxy) is 2. The summed E-state index contributed by atoms with van der Waals surface area (Å²) in [6.07, 6.45) is 1.83. The summed E-state index contributed by atoms with van der Waals surface area (Å²) in [4.78, 5) is 18.5. The molecule has 2 aromatic rings. The Morgan fingerprint density at radius 3 is 2.56 bits per heavy atom. The second-order valence-corrected chi connectivity index (χ2v) is 7.25. The van der Waals surface area contributed by atoms with Crippen LogP contribution < -0.4 is 9.47 Å². The number of carbonyl (C=O) groups is 1. The molecule has 5 nitrogen and oxygen atoms in total. The molecule has 1 amide bonds. The Morgan fingerprint density at radius 2 is 1.93 bits per heavy atom. The van der Waals surface area contributed by atoms with Crippen LogP contribution in [0.15, 0.2) is 52.4 Å². The molecule has 0 spiro atoms. The molecule has 0 aromatic heterocycles. The summed E-state index contributed by atoms with van der Waals surface area (Å²) in [6.45, 7) is 0.406. The van der Waals surface area contributed by atoms with Crippen molar-refractivity contribution in [2.24, 2.45) is 4.99 Å². The summed E-state index contributed by atoms with van der Waals surface area (Å²) in [5.74, 6) is 1.17. The molecule has 7 heteroatoms. The van der Waals surface area contributed by atoms with Crippen LogP contribution in [-0.2, 0) is 11.4 Å². The normalized spacial score (nSPS) is 17.0. The molecule has 0 unspecified atom stereocenters. The lowest BCUT2D eigenvalue weighted by molar-refractivity contribution is -0.121. The van der Waals surface area contributed by atoms with E-state index in [1.165, 1.54) is 16.7 Å². The highest BCUT2D eigenvalue weighted by atomic mass is 35.5. The first-order valence-corrected chi connectivity index (χ1v) is 9.41. The third-order valence-electron chi connectivity index (χ3n) is 3.99. The molecule has 1 aliphatic rings. The highest BCUT2D eigenvalue weighted by Crippen LogP contribution is 2.34. The van der Waals surface area contributed by atoms with E-state index in [0.717, 1.165) is 11.1 Å². The number of amidine groups is 1. The Bertz CT molecular complexity index is 910. The number of likely N-dealkylation sites (N-methyl/N-ethyl adjacent to an activating group) is 1. The van der Waals surface area contributed by atoms with Crippen LogP contribution in [-0.4, -0.2) is 37.2 Å². The SMILES string of the molecule is CN=C1S/C(=C/c2ccc(OCc3ccc(Cl)cc3)c(OC)c2)C(=O)N1C. The van der Waals surface area contributed by atoms with Crippen molar-refractivity contribution in [3.05, 3.63) is 63.5 Å². The first-order chi connectivity index (χ1) is 13.0. The van der Waals surface area contributed by atoms with Gasteiger partial charge < -0.3 is 9.47 Å². The van der Waals surface area contributed by atoms with Gasteiger partial charge in [-0.25, -0.2) is 0 Å². The van der Waals surface area contributed by atoms with Crippen molar-refractivity contribution < 1.29 is 14.3 Å². The van der Waals surface area contributed by atoms with Gasteiger partial charge in [-0.3, -0.25) is 14.7 Å². The van der Waals surface area contributed by atoms with Crippen LogP contribution in [0.2, 0.25) is 5.02 Å². The molecule has 1 saturated heterocycles. The van der Waals surface area contributed by atoms with E-state index in [0.29, 0.717) is 33.2 Å². The number of rotatable bonds is 5. The maximum absolute atomic E-state index is 12.3. The number of aliphatic imine (C=N–C) groups is 1. The van der Waals surface area contributed by atoms with E-state index in [9.17, 15) is 4.79 Å². The van der Waals surface area contributed by atoms with Gasteiger partial charge >= 0.3 is 0 Å². The standard InChI is InChI=1S/C20H19ClN2O3S/c1-22-20-23(2)19(24)18(27-20)11-14-6-9-16(17(10-14)25-3)26-12-13-4-7-15(21)8-5-13/h4-11H,12H2,1-3H3/b18-11+,22-20?. The lowest BCUT2D eigenvalue weighted by Gasteiger charge is -2.11. The minimum absolute atomic E-state index is 0.0670. The summed E-state index contributed by atoms with van der Waals surface area (Å²) in [7, 11) is 4.98. The van der Waals surface area contributed by atoms with E-state index in [2.05, 4.69) is 4.99 Å². The molecule has 0 aliphatic carbocycles. The fraction of sp³-hybridized carbons (Fsp3) is 0.200. The summed E-state index contributed by atoms with van der Waals surface area (Å²) in [5, 5.41) is 1.37. The molecule has 1 heterocycles. The molecular formula is C20H19ClN2O3S. The van der Waals surface area contributed by atoms with E-state index in [1.54, 1.807) is 21.2 Å². The molecule has 0 radical (unpaired) electrons. The zero-order chi connectivity index (χ0) is 19.4. The molecule has 1 fully saturated rings. The third-order valence-corrected chi connectivity index (χ3v) is 5.39. The number of thioether (sulfide) groups is 1. The second kappa shape index (κ2) is 8.50. The van der Waals surface area contributed by atoms with Gasteiger partial charge in [0.05, 0.1) is 12.0 Å². The van der Waals surface area contributed by atoms with Crippen LogP contribution in [0.25, 0.3) is 6.08 Å². The fourth-order valence-electron chi connectivity index (χ4n) is 2.54. The number of hydrogen-bond donors (Lipinski definition) is 0. The summed E-state index contributed by atoms with van der Waals surface area (Å²) in [5.41, 5.74) is 1.86. The highest BCUT2D eigenvalue weighted by molar-refractivity contribution is 8.18. The van der Waals surface area contributed by atoms with Crippen LogP contribution in [0.5, 0.6) is 11.5 Å². The van der Waals surface area contributed by atoms with E-state index in [-0.39, 0.29) is 5.91 Å².